The van der Waals surface area contributed by atoms with E-state index in [4.69, 9.17) is 4.74 Å². The highest BCUT2D eigenvalue weighted by atomic mass is 32.2. The lowest BCUT2D eigenvalue weighted by Gasteiger charge is -2.29. The van der Waals surface area contributed by atoms with E-state index < -0.39 is 10.0 Å². The lowest BCUT2D eigenvalue weighted by Crippen LogP contribution is -2.44. The van der Waals surface area contributed by atoms with Gasteiger partial charge in [0.2, 0.25) is 15.9 Å². The minimum Gasteiger partial charge on any atom is -0.497 e. The molecule has 1 heterocycles. The molecular weight excluding hydrogens is 316 g/mol. The standard InChI is InChI=1S/C16H24N2O4S/c1-22-15-8-6-14(7-9-15)12-18(23(2,20)21)13-16(19)17-10-4-3-5-11-17/h6-9H,3-5,10-13H2,1-2H3. The molecule has 0 radical (unpaired) electrons. The van der Waals surface area contributed by atoms with E-state index in [2.05, 4.69) is 0 Å². The lowest BCUT2D eigenvalue weighted by atomic mass is 10.1. The van der Waals surface area contributed by atoms with Gasteiger partial charge in [0, 0.05) is 19.6 Å². The van der Waals surface area contributed by atoms with Crippen molar-refractivity contribution >= 4 is 15.9 Å². The van der Waals surface area contributed by atoms with Crippen LogP contribution in [0, 0.1) is 0 Å². The molecule has 0 saturated carbocycles. The fraction of sp³-hybridized carbons (Fsp3) is 0.562. The Labute approximate surface area is 138 Å². The second kappa shape index (κ2) is 7.79. The van der Waals surface area contributed by atoms with E-state index in [-0.39, 0.29) is 19.0 Å². The summed E-state index contributed by atoms with van der Waals surface area (Å²) in [5.74, 6) is 0.590. The summed E-state index contributed by atoms with van der Waals surface area (Å²) in [6, 6.07) is 7.18. The number of nitrogens with zero attached hydrogens (tertiary/aromatic N) is 2. The van der Waals surface area contributed by atoms with Crippen molar-refractivity contribution in [1.82, 2.24) is 9.21 Å². The summed E-state index contributed by atoms with van der Waals surface area (Å²) in [5.41, 5.74) is 0.822. The molecule has 1 aromatic carbocycles. The highest BCUT2D eigenvalue weighted by Crippen LogP contribution is 2.15. The van der Waals surface area contributed by atoms with E-state index in [0.717, 1.165) is 44.2 Å². The molecule has 0 spiro atoms. The third-order valence-corrected chi connectivity index (χ3v) is 5.20. The summed E-state index contributed by atoms with van der Waals surface area (Å²) < 4.78 is 30.3. The van der Waals surface area contributed by atoms with Gasteiger partial charge in [0.05, 0.1) is 19.9 Å². The Bertz CT molecular complexity index is 622. The van der Waals surface area contributed by atoms with Crippen LogP contribution >= 0.6 is 0 Å². The summed E-state index contributed by atoms with van der Waals surface area (Å²) >= 11 is 0. The first-order valence-electron chi connectivity index (χ1n) is 7.76. The molecule has 1 fully saturated rings. The molecule has 1 aliphatic heterocycles. The van der Waals surface area contributed by atoms with Crippen LogP contribution in [0.1, 0.15) is 24.8 Å². The number of carbonyl (C=O) groups is 1. The highest BCUT2D eigenvalue weighted by Gasteiger charge is 2.24. The van der Waals surface area contributed by atoms with Gasteiger partial charge in [-0.3, -0.25) is 4.79 Å². The maximum atomic E-state index is 12.3. The van der Waals surface area contributed by atoms with E-state index in [1.165, 1.54) is 4.31 Å². The number of ether oxygens (including phenoxy) is 1. The van der Waals surface area contributed by atoms with Crippen molar-refractivity contribution in [2.45, 2.75) is 25.8 Å². The molecule has 0 aromatic heterocycles. The van der Waals surface area contributed by atoms with Crippen molar-refractivity contribution in [3.05, 3.63) is 29.8 Å². The van der Waals surface area contributed by atoms with Gasteiger partial charge >= 0.3 is 0 Å². The Morgan fingerprint density at radius 1 is 1.17 bits per heavy atom. The number of rotatable bonds is 6. The smallest absolute Gasteiger partial charge is 0.237 e. The van der Waals surface area contributed by atoms with Crippen molar-refractivity contribution < 1.29 is 17.9 Å². The molecule has 2 rings (SSSR count). The number of hydrogen-bond acceptors (Lipinski definition) is 4. The SMILES string of the molecule is COc1ccc(CN(CC(=O)N2CCCCC2)S(C)(=O)=O)cc1. The molecular formula is C16H24N2O4S. The first-order valence-corrected chi connectivity index (χ1v) is 9.61. The van der Waals surface area contributed by atoms with Crippen molar-refractivity contribution in [2.24, 2.45) is 0 Å². The Morgan fingerprint density at radius 3 is 2.30 bits per heavy atom. The van der Waals surface area contributed by atoms with Crippen molar-refractivity contribution in [3.8, 4) is 5.75 Å². The van der Waals surface area contributed by atoms with Gasteiger partial charge in [0.15, 0.2) is 0 Å². The van der Waals surface area contributed by atoms with Gasteiger partial charge in [-0.1, -0.05) is 12.1 Å². The molecule has 1 amide bonds. The number of sulfonamides is 1. The number of hydrogen-bond donors (Lipinski definition) is 0. The maximum absolute atomic E-state index is 12.3. The van der Waals surface area contributed by atoms with Crippen molar-refractivity contribution in [2.75, 3.05) is 33.0 Å². The van der Waals surface area contributed by atoms with E-state index in [0.29, 0.717) is 5.75 Å². The molecule has 128 valence electrons. The molecule has 1 saturated heterocycles. The number of amides is 1. The topological polar surface area (TPSA) is 66.9 Å². The lowest BCUT2D eigenvalue weighted by molar-refractivity contribution is -0.132. The van der Waals surface area contributed by atoms with Crippen LogP contribution in [-0.2, 0) is 21.4 Å². The number of piperidine rings is 1. The summed E-state index contributed by atoms with van der Waals surface area (Å²) in [7, 11) is -1.88. The van der Waals surface area contributed by atoms with Crippen LogP contribution in [0.25, 0.3) is 0 Å². The van der Waals surface area contributed by atoms with Gasteiger partial charge in [-0.15, -0.1) is 0 Å². The van der Waals surface area contributed by atoms with E-state index >= 15 is 0 Å². The Kier molecular flexibility index (Phi) is 6.01. The molecule has 0 N–H and O–H groups in total. The van der Waals surface area contributed by atoms with Crippen LogP contribution in [0.2, 0.25) is 0 Å². The van der Waals surface area contributed by atoms with Gasteiger partial charge in [-0.05, 0) is 37.0 Å². The zero-order chi connectivity index (χ0) is 16.9. The first kappa shape index (κ1) is 17.7. The van der Waals surface area contributed by atoms with Gasteiger partial charge < -0.3 is 9.64 Å². The fourth-order valence-corrected chi connectivity index (χ4v) is 3.35. The van der Waals surface area contributed by atoms with E-state index in [9.17, 15) is 13.2 Å². The van der Waals surface area contributed by atoms with Crippen molar-refractivity contribution in [3.63, 3.8) is 0 Å². The summed E-state index contributed by atoms with van der Waals surface area (Å²) in [4.78, 5) is 14.1. The van der Waals surface area contributed by atoms with Gasteiger partial charge in [0.1, 0.15) is 5.75 Å². The van der Waals surface area contributed by atoms with Crippen LogP contribution in [0.5, 0.6) is 5.75 Å². The molecule has 1 aromatic rings. The zero-order valence-electron chi connectivity index (χ0n) is 13.7. The maximum Gasteiger partial charge on any atom is 0.237 e. The Balaban J connectivity index is 2.05. The molecule has 0 bridgehead atoms. The van der Waals surface area contributed by atoms with Crippen LogP contribution in [0.3, 0.4) is 0 Å². The molecule has 23 heavy (non-hydrogen) atoms. The number of likely N-dealkylation sites (tertiary alicyclic amines) is 1. The monoisotopic (exact) mass is 340 g/mol. The Morgan fingerprint density at radius 2 is 1.78 bits per heavy atom. The van der Waals surface area contributed by atoms with Crippen LogP contribution in [0.15, 0.2) is 24.3 Å². The number of methoxy groups -OCH3 is 1. The van der Waals surface area contributed by atoms with Crippen molar-refractivity contribution in [1.29, 1.82) is 0 Å². The normalized spacial score (nSPS) is 15.7. The average molecular weight is 340 g/mol. The summed E-state index contributed by atoms with van der Waals surface area (Å²) in [5, 5.41) is 0. The van der Waals surface area contributed by atoms with E-state index in [1.54, 1.807) is 24.1 Å². The molecule has 0 unspecified atom stereocenters. The van der Waals surface area contributed by atoms with Crippen LogP contribution in [-0.4, -0.2) is 56.5 Å². The molecule has 1 aliphatic rings. The minimum atomic E-state index is -3.46. The number of benzene rings is 1. The van der Waals surface area contributed by atoms with Crippen LogP contribution < -0.4 is 4.74 Å². The first-order chi connectivity index (χ1) is 10.9. The fourth-order valence-electron chi connectivity index (χ4n) is 2.62. The molecule has 0 aliphatic carbocycles. The third kappa shape index (κ3) is 5.21. The molecule has 0 atom stereocenters. The predicted molar refractivity (Wildman–Crippen MR) is 88.7 cm³/mol. The Hall–Kier alpha value is -1.60. The van der Waals surface area contributed by atoms with Gasteiger partial charge in [-0.2, -0.15) is 4.31 Å². The number of carbonyl (C=O) groups excluding carboxylic acids is 1. The predicted octanol–water partition coefficient (Wildman–Crippen LogP) is 1.47. The van der Waals surface area contributed by atoms with Gasteiger partial charge in [-0.25, -0.2) is 8.42 Å². The van der Waals surface area contributed by atoms with E-state index in [1.807, 2.05) is 12.1 Å². The van der Waals surface area contributed by atoms with Gasteiger partial charge in [0.25, 0.3) is 0 Å². The zero-order valence-corrected chi connectivity index (χ0v) is 14.5. The third-order valence-electron chi connectivity index (χ3n) is 4.01. The molecule has 6 nitrogen and oxygen atoms in total. The van der Waals surface area contributed by atoms with Crippen LogP contribution in [0.4, 0.5) is 0 Å². The second-order valence-electron chi connectivity index (χ2n) is 5.82. The highest BCUT2D eigenvalue weighted by molar-refractivity contribution is 7.88. The quantitative estimate of drug-likeness (QED) is 0.786. The largest absolute Gasteiger partial charge is 0.497 e. The average Bonchev–Trinajstić information content (AvgIpc) is 2.54. The summed E-state index contributed by atoms with van der Waals surface area (Å²) in [6.45, 7) is 1.52. The molecule has 7 heteroatoms. The minimum absolute atomic E-state index is 0.106. The second-order valence-corrected chi connectivity index (χ2v) is 7.80. The summed E-state index contributed by atoms with van der Waals surface area (Å²) in [6.07, 6.45) is 4.25.